The van der Waals surface area contributed by atoms with Crippen molar-refractivity contribution in [1.29, 1.82) is 5.26 Å². The van der Waals surface area contributed by atoms with Gasteiger partial charge in [-0.3, -0.25) is 4.79 Å². The number of nitrogens with one attached hydrogen (secondary N) is 1. The first-order valence-electron chi connectivity index (χ1n) is 8.96. The van der Waals surface area contributed by atoms with Crippen LogP contribution in [0.25, 0.3) is 6.08 Å². The Balaban J connectivity index is 2.22. The number of allylic oxidation sites excluding steroid dienone is 1. The van der Waals surface area contributed by atoms with E-state index in [4.69, 9.17) is 4.74 Å². The van der Waals surface area contributed by atoms with E-state index in [1.165, 1.54) is 3.57 Å². The van der Waals surface area contributed by atoms with Gasteiger partial charge in [-0.25, -0.2) is 0 Å². The molecule has 1 N–H and O–H groups in total. The second-order valence-corrected chi connectivity index (χ2v) is 7.82. The minimum Gasteiger partial charge on any atom is -0.489 e. The number of rotatable bonds is 8. The third-order valence-corrected chi connectivity index (χ3v) is 4.57. The third kappa shape index (κ3) is 6.54. The number of carbonyl (C=O) groups is 1. The summed E-state index contributed by atoms with van der Waals surface area (Å²) < 4.78 is 7.17. The lowest BCUT2D eigenvalue weighted by Crippen LogP contribution is -2.30. The van der Waals surface area contributed by atoms with Gasteiger partial charge in [0.1, 0.15) is 24.0 Å². The summed E-state index contributed by atoms with van der Waals surface area (Å²) in [5, 5.41) is 12.0. The summed E-state index contributed by atoms with van der Waals surface area (Å²) in [7, 11) is 0. The Morgan fingerprint density at radius 3 is 2.61 bits per heavy atom. The van der Waals surface area contributed by atoms with E-state index in [1.54, 1.807) is 12.2 Å². The SMILES string of the molecule is C=CCc1cc(/C=C(/C#N)C(=O)NC(C)C)ccc1OCc1ccc(I)cc1. The van der Waals surface area contributed by atoms with Gasteiger partial charge in [0.2, 0.25) is 0 Å². The Hall–Kier alpha value is -2.59. The van der Waals surface area contributed by atoms with Gasteiger partial charge in [-0.1, -0.05) is 24.3 Å². The molecule has 4 nitrogen and oxygen atoms in total. The predicted molar refractivity (Wildman–Crippen MR) is 121 cm³/mol. The van der Waals surface area contributed by atoms with Crippen LogP contribution in [-0.4, -0.2) is 11.9 Å². The summed E-state index contributed by atoms with van der Waals surface area (Å²) in [5.74, 6) is 0.391. The molecule has 0 fully saturated rings. The molecule has 0 aliphatic heterocycles. The Kier molecular flexibility index (Phi) is 8.27. The molecular weight excluding hydrogens is 463 g/mol. The zero-order valence-corrected chi connectivity index (χ0v) is 18.2. The van der Waals surface area contributed by atoms with E-state index in [1.807, 2.05) is 62.4 Å². The number of amides is 1. The van der Waals surface area contributed by atoms with Crippen LogP contribution in [-0.2, 0) is 17.8 Å². The van der Waals surface area contributed by atoms with Crippen molar-refractivity contribution in [3.63, 3.8) is 0 Å². The van der Waals surface area contributed by atoms with E-state index in [0.717, 1.165) is 22.4 Å². The molecule has 0 saturated heterocycles. The van der Waals surface area contributed by atoms with Gasteiger partial charge in [0, 0.05) is 9.61 Å². The highest BCUT2D eigenvalue weighted by Gasteiger charge is 2.11. The van der Waals surface area contributed by atoms with E-state index in [9.17, 15) is 10.1 Å². The molecule has 2 aromatic rings. The average molecular weight is 486 g/mol. The molecule has 144 valence electrons. The van der Waals surface area contributed by atoms with Gasteiger partial charge in [-0.2, -0.15) is 5.26 Å². The average Bonchev–Trinajstić information content (AvgIpc) is 2.66. The summed E-state index contributed by atoms with van der Waals surface area (Å²) in [6.45, 7) is 7.99. The largest absolute Gasteiger partial charge is 0.489 e. The fraction of sp³-hybridized carbons (Fsp3) is 0.217. The molecule has 0 spiro atoms. The number of nitrogens with zero attached hydrogens (tertiary/aromatic N) is 1. The number of carbonyl (C=O) groups excluding carboxylic acids is 1. The monoisotopic (exact) mass is 486 g/mol. The zero-order chi connectivity index (χ0) is 20.5. The van der Waals surface area contributed by atoms with Crippen molar-refractivity contribution in [3.05, 3.63) is 81.0 Å². The number of ether oxygens (including phenoxy) is 1. The normalized spacial score (nSPS) is 11.0. The maximum absolute atomic E-state index is 12.1. The summed E-state index contributed by atoms with van der Waals surface area (Å²) in [4.78, 5) is 12.1. The van der Waals surface area contributed by atoms with Crippen molar-refractivity contribution in [2.75, 3.05) is 0 Å². The Morgan fingerprint density at radius 1 is 1.29 bits per heavy atom. The highest BCUT2D eigenvalue weighted by atomic mass is 127. The Morgan fingerprint density at radius 2 is 2.00 bits per heavy atom. The molecule has 0 aliphatic rings. The van der Waals surface area contributed by atoms with E-state index in [0.29, 0.717) is 13.0 Å². The van der Waals surface area contributed by atoms with E-state index >= 15 is 0 Å². The molecule has 5 heteroatoms. The van der Waals surface area contributed by atoms with Gasteiger partial charge < -0.3 is 10.1 Å². The quantitative estimate of drug-likeness (QED) is 0.247. The van der Waals surface area contributed by atoms with Crippen LogP contribution in [0.3, 0.4) is 0 Å². The maximum atomic E-state index is 12.1. The first kappa shape index (κ1) is 21.7. The maximum Gasteiger partial charge on any atom is 0.262 e. The van der Waals surface area contributed by atoms with Crippen molar-refractivity contribution in [2.24, 2.45) is 0 Å². The van der Waals surface area contributed by atoms with Crippen LogP contribution in [0.4, 0.5) is 0 Å². The van der Waals surface area contributed by atoms with E-state index in [-0.39, 0.29) is 17.5 Å². The zero-order valence-electron chi connectivity index (χ0n) is 16.0. The number of hydrogen-bond acceptors (Lipinski definition) is 3. The Labute approximate surface area is 180 Å². The summed E-state index contributed by atoms with van der Waals surface area (Å²) in [6, 6.07) is 15.7. The molecule has 0 atom stereocenters. The smallest absolute Gasteiger partial charge is 0.262 e. The first-order valence-corrected chi connectivity index (χ1v) is 10.0. The molecule has 0 saturated carbocycles. The van der Waals surface area contributed by atoms with Gasteiger partial charge in [0.05, 0.1) is 0 Å². The topological polar surface area (TPSA) is 62.1 Å². The molecule has 0 bridgehead atoms. The van der Waals surface area contributed by atoms with Crippen molar-refractivity contribution < 1.29 is 9.53 Å². The van der Waals surface area contributed by atoms with Crippen LogP contribution in [0.5, 0.6) is 5.75 Å². The molecule has 2 aromatic carbocycles. The Bertz CT molecular complexity index is 909. The summed E-state index contributed by atoms with van der Waals surface area (Å²) in [5.41, 5.74) is 2.89. The number of hydrogen-bond donors (Lipinski definition) is 1. The van der Waals surface area contributed by atoms with Crippen LogP contribution in [0, 0.1) is 14.9 Å². The first-order chi connectivity index (χ1) is 13.4. The highest BCUT2D eigenvalue weighted by molar-refractivity contribution is 14.1. The molecule has 0 aromatic heterocycles. The third-order valence-electron chi connectivity index (χ3n) is 3.85. The molecule has 0 heterocycles. The molecule has 0 aliphatic carbocycles. The van der Waals surface area contributed by atoms with E-state index < -0.39 is 0 Å². The second kappa shape index (κ2) is 10.7. The van der Waals surface area contributed by atoms with Crippen molar-refractivity contribution in [2.45, 2.75) is 32.9 Å². The summed E-state index contributed by atoms with van der Waals surface area (Å²) >= 11 is 2.27. The van der Waals surface area contributed by atoms with Gasteiger partial charge in [-0.15, -0.1) is 6.58 Å². The summed E-state index contributed by atoms with van der Waals surface area (Å²) in [6.07, 6.45) is 4.02. The van der Waals surface area contributed by atoms with Crippen LogP contribution in [0.15, 0.2) is 60.7 Å². The molecule has 0 radical (unpaired) electrons. The second-order valence-electron chi connectivity index (χ2n) is 6.57. The van der Waals surface area contributed by atoms with Crippen molar-refractivity contribution in [1.82, 2.24) is 5.32 Å². The van der Waals surface area contributed by atoms with Crippen molar-refractivity contribution >= 4 is 34.6 Å². The van der Waals surface area contributed by atoms with E-state index in [2.05, 4.69) is 34.5 Å². The van der Waals surface area contributed by atoms with Crippen LogP contribution < -0.4 is 10.1 Å². The number of nitriles is 1. The number of halogens is 1. The minimum absolute atomic E-state index is 0.0300. The van der Waals surface area contributed by atoms with Crippen LogP contribution in [0.2, 0.25) is 0 Å². The van der Waals surface area contributed by atoms with Crippen LogP contribution >= 0.6 is 22.6 Å². The van der Waals surface area contributed by atoms with Gasteiger partial charge in [-0.05, 0) is 89.9 Å². The fourth-order valence-electron chi connectivity index (χ4n) is 2.54. The standard InChI is InChI=1S/C23H23IN2O2/c1-4-5-19-12-18(13-20(14-25)23(27)26-16(2)3)8-11-22(19)28-15-17-6-9-21(24)10-7-17/h4,6-13,16H,1,5,15H2,2-3H3,(H,26,27)/b20-13-. The van der Waals surface area contributed by atoms with Crippen LogP contribution in [0.1, 0.15) is 30.5 Å². The fourth-order valence-corrected chi connectivity index (χ4v) is 2.90. The molecule has 1 amide bonds. The van der Waals surface area contributed by atoms with Gasteiger partial charge >= 0.3 is 0 Å². The van der Waals surface area contributed by atoms with Crippen molar-refractivity contribution in [3.8, 4) is 11.8 Å². The minimum atomic E-state index is -0.373. The molecule has 0 unspecified atom stereocenters. The highest BCUT2D eigenvalue weighted by Crippen LogP contribution is 2.24. The molecule has 28 heavy (non-hydrogen) atoms. The number of benzene rings is 2. The lowest BCUT2D eigenvalue weighted by atomic mass is 10.0. The van der Waals surface area contributed by atoms with Gasteiger partial charge in [0.15, 0.2) is 0 Å². The molecule has 2 rings (SSSR count). The predicted octanol–water partition coefficient (Wildman–Crippen LogP) is 5.03. The lowest BCUT2D eigenvalue weighted by Gasteiger charge is -2.12. The molecular formula is C23H23IN2O2. The lowest BCUT2D eigenvalue weighted by molar-refractivity contribution is -0.117. The van der Waals surface area contributed by atoms with Gasteiger partial charge in [0.25, 0.3) is 5.91 Å².